The van der Waals surface area contributed by atoms with Gasteiger partial charge in [-0.25, -0.2) is 9.97 Å². The van der Waals surface area contributed by atoms with E-state index in [4.69, 9.17) is 4.74 Å². The molecule has 0 saturated carbocycles. The van der Waals surface area contributed by atoms with E-state index in [9.17, 15) is 0 Å². The molecule has 4 nitrogen and oxygen atoms in total. The second kappa shape index (κ2) is 7.14. The van der Waals surface area contributed by atoms with Crippen LogP contribution in [0, 0.1) is 17.8 Å². The van der Waals surface area contributed by atoms with Crippen LogP contribution >= 0.6 is 0 Å². The van der Waals surface area contributed by atoms with Gasteiger partial charge in [-0.05, 0) is 32.6 Å². The van der Waals surface area contributed by atoms with E-state index < -0.39 is 0 Å². The Morgan fingerprint density at radius 1 is 1.35 bits per heavy atom. The molecule has 4 heteroatoms. The number of nitrogens with zero attached hydrogens (tertiary/aromatic N) is 3. The zero-order valence-electron chi connectivity index (χ0n) is 12.6. The molecule has 1 saturated heterocycles. The quantitative estimate of drug-likeness (QED) is 0.794. The van der Waals surface area contributed by atoms with Gasteiger partial charge < -0.3 is 9.64 Å². The minimum Gasteiger partial charge on any atom is -0.464 e. The first-order valence-corrected chi connectivity index (χ1v) is 7.31. The van der Waals surface area contributed by atoms with Gasteiger partial charge >= 0.3 is 0 Å². The van der Waals surface area contributed by atoms with Crippen molar-refractivity contribution in [1.29, 1.82) is 0 Å². The molecule has 1 aliphatic heterocycles. The van der Waals surface area contributed by atoms with Crippen LogP contribution in [0.15, 0.2) is 12.4 Å². The summed E-state index contributed by atoms with van der Waals surface area (Å²) in [5.41, 5.74) is 0. The first-order chi connectivity index (χ1) is 9.70. The van der Waals surface area contributed by atoms with Crippen molar-refractivity contribution in [2.45, 2.75) is 46.1 Å². The summed E-state index contributed by atoms with van der Waals surface area (Å²) in [5, 5.41) is 0. The smallest absolute Gasteiger partial charge is 0.219 e. The van der Waals surface area contributed by atoms with Crippen LogP contribution in [0.5, 0.6) is 5.88 Å². The van der Waals surface area contributed by atoms with Gasteiger partial charge in [0, 0.05) is 18.7 Å². The number of hydrogen-bond acceptors (Lipinski definition) is 4. The van der Waals surface area contributed by atoms with Crippen molar-refractivity contribution in [1.82, 2.24) is 9.97 Å². The molecule has 1 unspecified atom stereocenters. The average molecular weight is 273 g/mol. The van der Waals surface area contributed by atoms with Crippen LogP contribution in [-0.4, -0.2) is 29.2 Å². The molecule has 0 aromatic carbocycles. The SMILES string of the molecule is CC#CCOc1cc(N2CC(C)CCC[C@@H]2C)ncn1. The predicted octanol–water partition coefficient (Wildman–Crippen LogP) is 2.89. The third-order valence-electron chi connectivity index (χ3n) is 3.75. The number of ether oxygens (including phenoxy) is 1. The molecule has 0 radical (unpaired) electrons. The van der Waals surface area contributed by atoms with Crippen molar-refractivity contribution in [2.75, 3.05) is 18.1 Å². The molecule has 2 rings (SSSR count). The Labute approximate surface area is 121 Å². The normalized spacial score (nSPS) is 22.6. The Kier molecular flexibility index (Phi) is 5.23. The molecule has 0 aliphatic carbocycles. The lowest BCUT2D eigenvalue weighted by Gasteiger charge is -2.29. The lowest BCUT2D eigenvalue weighted by atomic mass is 10.1. The largest absolute Gasteiger partial charge is 0.464 e. The monoisotopic (exact) mass is 273 g/mol. The third-order valence-corrected chi connectivity index (χ3v) is 3.75. The zero-order chi connectivity index (χ0) is 14.4. The van der Waals surface area contributed by atoms with E-state index in [0.29, 0.717) is 24.4 Å². The standard InChI is InChI=1S/C16H23N3O/c1-4-5-9-20-16-10-15(17-12-18-16)19-11-13(2)7-6-8-14(19)3/h10,12-14H,6-9,11H2,1-3H3/t13?,14-/m0/s1. The van der Waals surface area contributed by atoms with Gasteiger partial charge in [-0.2, -0.15) is 0 Å². The summed E-state index contributed by atoms with van der Waals surface area (Å²) in [6.45, 7) is 7.80. The molecule has 0 amide bonds. The highest BCUT2D eigenvalue weighted by molar-refractivity contribution is 5.42. The highest BCUT2D eigenvalue weighted by Crippen LogP contribution is 2.26. The topological polar surface area (TPSA) is 38.2 Å². The first kappa shape index (κ1) is 14.6. The van der Waals surface area contributed by atoms with Crippen LogP contribution in [0.3, 0.4) is 0 Å². The van der Waals surface area contributed by atoms with Gasteiger partial charge in [-0.15, -0.1) is 5.92 Å². The maximum absolute atomic E-state index is 5.52. The molecule has 0 spiro atoms. The van der Waals surface area contributed by atoms with Crippen LogP contribution in [0.25, 0.3) is 0 Å². The summed E-state index contributed by atoms with van der Waals surface area (Å²) in [5.74, 6) is 7.94. The van der Waals surface area contributed by atoms with Crippen LogP contribution < -0.4 is 9.64 Å². The van der Waals surface area contributed by atoms with E-state index in [-0.39, 0.29) is 0 Å². The van der Waals surface area contributed by atoms with Gasteiger partial charge in [-0.3, -0.25) is 0 Å². The lowest BCUT2D eigenvalue weighted by Crippen LogP contribution is -2.35. The van der Waals surface area contributed by atoms with Crippen molar-refractivity contribution in [3.8, 4) is 17.7 Å². The highest BCUT2D eigenvalue weighted by Gasteiger charge is 2.22. The van der Waals surface area contributed by atoms with Gasteiger partial charge in [0.15, 0.2) is 6.61 Å². The lowest BCUT2D eigenvalue weighted by molar-refractivity contribution is 0.354. The summed E-state index contributed by atoms with van der Waals surface area (Å²) >= 11 is 0. The van der Waals surface area contributed by atoms with Crippen LogP contribution in [0.4, 0.5) is 5.82 Å². The summed E-state index contributed by atoms with van der Waals surface area (Å²) in [4.78, 5) is 10.9. The molecular formula is C16H23N3O. The van der Waals surface area contributed by atoms with Gasteiger partial charge in [0.1, 0.15) is 12.1 Å². The third kappa shape index (κ3) is 3.86. The number of aromatic nitrogens is 2. The molecule has 0 bridgehead atoms. The molecule has 20 heavy (non-hydrogen) atoms. The Bertz CT molecular complexity index is 492. The van der Waals surface area contributed by atoms with Gasteiger partial charge in [0.25, 0.3) is 0 Å². The fraction of sp³-hybridized carbons (Fsp3) is 0.625. The van der Waals surface area contributed by atoms with E-state index in [2.05, 4.69) is 40.6 Å². The van der Waals surface area contributed by atoms with E-state index in [1.165, 1.54) is 19.3 Å². The van der Waals surface area contributed by atoms with Crippen molar-refractivity contribution >= 4 is 5.82 Å². The van der Waals surface area contributed by atoms with Crippen LogP contribution in [-0.2, 0) is 0 Å². The first-order valence-electron chi connectivity index (χ1n) is 7.31. The Morgan fingerprint density at radius 3 is 3.00 bits per heavy atom. The molecule has 108 valence electrons. The molecule has 1 aromatic heterocycles. The number of rotatable bonds is 3. The fourth-order valence-electron chi connectivity index (χ4n) is 2.59. The van der Waals surface area contributed by atoms with E-state index in [0.717, 1.165) is 12.4 Å². The molecule has 1 aliphatic rings. The maximum Gasteiger partial charge on any atom is 0.219 e. The molecule has 2 heterocycles. The highest BCUT2D eigenvalue weighted by atomic mass is 16.5. The van der Waals surface area contributed by atoms with Crippen molar-refractivity contribution in [2.24, 2.45) is 5.92 Å². The summed E-state index contributed by atoms with van der Waals surface area (Å²) in [7, 11) is 0. The minimum absolute atomic E-state index is 0.374. The molecule has 1 fully saturated rings. The summed E-state index contributed by atoms with van der Waals surface area (Å²) < 4.78 is 5.52. The summed E-state index contributed by atoms with van der Waals surface area (Å²) in [6, 6.07) is 2.43. The average Bonchev–Trinajstić information content (AvgIpc) is 2.61. The Hall–Kier alpha value is -1.76. The molecule has 1 aromatic rings. The molecular weight excluding hydrogens is 250 g/mol. The van der Waals surface area contributed by atoms with E-state index in [1.54, 1.807) is 13.3 Å². The fourth-order valence-corrected chi connectivity index (χ4v) is 2.59. The second-order valence-corrected chi connectivity index (χ2v) is 5.47. The zero-order valence-corrected chi connectivity index (χ0v) is 12.6. The Balaban J connectivity index is 2.12. The number of hydrogen-bond donors (Lipinski definition) is 0. The van der Waals surface area contributed by atoms with Crippen LogP contribution in [0.1, 0.15) is 40.0 Å². The van der Waals surface area contributed by atoms with E-state index in [1.807, 2.05) is 6.07 Å². The van der Waals surface area contributed by atoms with Crippen LogP contribution in [0.2, 0.25) is 0 Å². The molecule has 0 N–H and O–H groups in total. The van der Waals surface area contributed by atoms with Gasteiger partial charge in [0.05, 0.1) is 0 Å². The summed E-state index contributed by atoms with van der Waals surface area (Å²) in [6.07, 6.45) is 5.37. The van der Waals surface area contributed by atoms with Gasteiger partial charge in [-0.1, -0.05) is 19.3 Å². The van der Waals surface area contributed by atoms with Crippen molar-refractivity contribution < 1.29 is 4.74 Å². The van der Waals surface area contributed by atoms with E-state index >= 15 is 0 Å². The van der Waals surface area contributed by atoms with Gasteiger partial charge in [0.2, 0.25) is 5.88 Å². The predicted molar refractivity (Wildman–Crippen MR) is 80.8 cm³/mol. The Morgan fingerprint density at radius 2 is 2.20 bits per heavy atom. The molecule has 2 atom stereocenters. The number of anilines is 1. The minimum atomic E-state index is 0.374. The second-order valence-electron chi connectivity index (χ2n) is 5.47. The maximum atomic E-state index is 5.52. The van der Waals surface area contributed by atoms with Crippen molar-refractivity contribution in [3.05, 3.63) is 12.4 Å². The van der Waals surface area contributed by atoms with Crippen molar-refractivity contribution in [3.63, 3.8) is 0 Å².